The highest BCUT2D eigenvalue weighted by Crippen LogP contribution is 2.27. The molecule has 1 aliphatic rings. The van der Waals surface area contributed by atoms with E-state index < -0.39 is 18.6 Å². The summed E-state index contributed by atoms with van der Waals surface area (Å²) in [4.78, 5) is 10.9. The number of nitrogens with one attached hydrogen (secondary N) is 1. The molecule has 1 saturated carbocycles. The molecule has 0 heterocycles. The second kappa shape index (κ2) is 7.03. The smallest absolute Gasteiger partial charge is 0.389 e. The van der Waals surface area contributed by atoms with Crippen LogP contribution in [0.25, 0.3) is 0 Å². The van der Waals surface area contributed by atoms with Crippen molar-refractivity contribution in [1.82, 2.24) is 0 Å². The fourth-order valence-electron chi connectivity index (χ4n) is 2.77. The summed E-state index contributed by atoms with van der Waals surface area (Å²) in [5, 5.41) is 12.3. The van der Waals surface area contributed by atoms with Gasteiger partial charge in [-0.2, -0.15) is 13.2 Å². The lowest BCUT2D eigenvalue weighted by Gasteiger charge is -2.27. The molecule has 1 aromatic carbocycles. The summed E-state index contributed by atoms with van der Waals surface area (Å²) in [7, 11) is 0. The van der Waals surface area contributed by atoms with Crippen molar-refractivity contribution in [3.8, 4) is 0 Å². The second-order valence-electron chi connectivity index (χ2n) is 5.84. The Morgan fingerprint density at radius 2 is 1.73 bits per heavy atom. The zero-order chi connectivity index (χ0) is 16.2. The van der Waals surface area contributed by atoms with Crippen molar-refractivity contribution in [3.63, 3.8) is 0 Å². The Kier molecular flexibility index (Phi) is 5.32. The highest BCUT2D eigenvalue weighted by molar-refractivity contribution is 5.70. The molecular weight excluding hydrogens is 295 g/mol. The van der Waals surface area contributed by atoms with E-state index >= 15 is 0 Å². The van der Waals surface area contributed by atoms with E-state index in [4.69, 9.17) is 5.11 Å². The van der Waals surface area contributed by atoms with Crippen molar-refractivity contribution in [3.05, 3.63) is 29.8 Å². The van der Waals surface area contributed by atoms with Gasteiger partial charge in [0.05, 0.1) is 5.92 Å². The van der Waals surface area contributed by atoms with E-state index in [1.54, 1.807) is 24.3 Å². The van der Waals surface area contributed by atoms with E-state index in [2.05, 4.69) is 5.32 Å². The van der Waals surface area contributed by atoms with Gasteiger partial charge in [-0.1, -0.05) is 12.1 Å². The van der Waals surface area contributed by atoms with Gasteiger partial charge in [0.15, 0.2) is 0 Å². The predicted octanol–water partition coefficient (Wildman–Crippen LogP) is 4.24. The van der Waals surface area contributed by atoms with Crippen LogP contribution in [-0.2, 0) is 11.2 Å². The highest BCUT2D eigenvalue weighted by Gasteiger charge is 2.27. The summed E-state index contributed by atoms with van der Waals surface area (Å²) in [5.41, 5.74) is 1.53. The lowest BCUT2D eigenvalue weighted by molar-refractivity contribution is -0.142. The van der Waals surface area contributed by atoms with Crippen LogP contribution in [0.5, 0.6) is 0 Å². The lowest BCUT2D eigenvalue weighted by atomic mass is 9.86. The number of alkyl halides is 3. The summed E-state index contributed by atoms with van der Waals surface area (Å²) in [6.07, 6.45) is -2.01. The Morgan fingerprint density at radius 3 is 2.23 bits per heavy atom. The summed E-state index contributed by atoms with van der Waals surface area (Å²) in [6, 6.07) is 7.22. The van der Waals surface area contributed by atoms with E-state index in [0.29, 0.717) is 18.4 Å². The molecule has 0 bridgehead atoms. The summed E-state index contributed by atoms with van der Waals surface area (Å²) < 4.78 is 36.5. The molecule has 3 nitrogen and oxygen atoms in total. The average Bonchev–Trinajstić information content (AvgIpc) is 2.46. The number of benzene rings is 1. The molecule has 1 fully saturated rings. The van der Waals surface area contributed by atoms with Crippen LogP contribution in [0.3, 0.4) is 0 Å². The maximum Gasteiger partial charge on any atom is 0.389 e. The second-order valence-corrected chi connectivity index (χ2v) is 5.84. The van der Waals surface area contributed by atoms with Gasteiger partial charge in [0, 0.05) is 18.2 Å². The van der Waals surface area contributed by atoms with Crippen LogP contribution in [0, 0.1) is 5.92 Å². The number of rotatable bonds is 5. The third kappa shape index (κ3) is 5.24. The van der Waals surface area contributed by atoms with Gasteiger partial charge >= 0.3 is 12.1 Å². The molecule has 1 aromatic rings. The van der Waals surface area contributed by atoms with Gasteiger partial charge in [-0.05, 0) is 49.8 Å². The van der Waals surface area contributed by atoms with Crippen molar-refractivity contribution in [2.24, 2.45) is 5.92 Å². The van der Waals surface area contributed by atoms with Gasteiger partial charge in [-0.25, -0.2) is 0 Å². The first-order valence-corrected chi connectivity index (χ1v) is 7.48. The van der Waals surface area contributed by atoms with Crippen LogP contribution in [0.1, 0.15) is 37.7 Å². The molecular formula is C16H20F3NO2. The molecule has 122 valence electrons. The zero-order valence-electron chi connectivity index (χ0n) is 12.2. The number of carboxylic acid groups (broad SMARTS) is 1. The standard InChI is InChI=1S/C16H20F3NO2/c17-16(18,19)10-9-11-1-5-13(6-2-11)20-14-7-3-12(4-8-14)15(21)22/h1-2,5-6,12,14,20H,3-4,7-10H2,(H,21,22). The van der Waals surface area contributed by atoms with Crippen LogP contribution in [0.4, 0.5) is 18.9 Å². The molecule has 0 aliphatic heterocycles. The molecule has 0 saturated heterocycles. The molecule has 0 amide bonds. The Hall–Kier alpha value is -1.72. The largest absolute Gasteiger partial charge is 0.481 e. The van der Waals surface area contributed by atoms with Crippen molar-refractivity contribution >= 4 is 11.7 Å². The third-order valence-electron chi connectivity index (χ3n) is 4.10. The number of hydrogen-bond donors (Lipinski definition) is 2. The number of carboxylic acids is 1. The Bertz CT molecular complexity index is 491. The monoisotopic (exact) mass is 315 g/mol. The van der Waals surface area contributed by atoms with Gasteiger partial charge in [-0.3, -0.25) is 4.79 Å². The molecule has 22 heavy (non-hydrogen) atoms. The minimum Gasteiger partial charge on any atom is -0.481 e. The molecule has 0 radical (unpaired) electrons. The van der Waals surface area contributed by atoms with E-state index in [1.807, 2.05) is 0 Å². The Morgan fingerprint density at radius 1 is 1.14 bits per heavy atom. The van der Waals surface area contributed by atoms with Gasteiger partial charge in [0.2, 0.25) is 0 Å². The minimum atomic E-state index is -4.13. The number of carbonyl (C=O) groups is 1. The molecule has 2 rings (SSSR count). The first-order chi connectivity index (χ1) is 10.3. The van der Waals surface area contributed by atoms with E-state index in [0.717, 1.165) is 18.5 Å². The topological polar surface area (TPSA) is 49.3 Å². The molecule has 1 aliphatic carbocycles. The van der Waals surface area contributed by atoms with Crippen molar-refractivity contribution in [2.75, 3.05) is 5.32 Å². The van der Waals surface area contributed by atoms with E-state index in [9.17, 15) is 18.0 Å². The Labute approximate surface area is 127 Å². The first-order valence-electron chi connectivity index (χ1n) is 7.48. The normalized spacial score (nSPS) is 22.3. The van der Waals surface area contributed by atoms with Crippen molar-refractivity contribution in [2.45, 2.75) is 50.7 Å². The minimum absolute atomic E-state index is 0.00645. The predicted molar refractivity (Wildman–Crippen MR) is 77.8 cm³/mol. The van der Waals surface area contributed by atoms with Crippen LogP contribution >= 0.6 is 0 Å². The van der Waals surface area contributed by atoms with Gasteiger partial charge < -0.3 is 10.4 Å². The summed E-state index contributed by atoms with van der Waals surface area (Å²) in [6.45, 7) is 0. The van der Waals surface area contributed by atoms with E-state index in [-0.39, 0.29) is 18.4 Å². The maximum atomic E-state index is 12.2. The number of halogens is 3. The molecule has 6 heteroatoms. The zero-order valence-corrected chi connectivity index (χ0v) is 12.2. The van der Waals surface area contributed by atoms with Crippen LogP contribution in [0.15, 0.2) is 24.3 Å². The summed E-state index contributed by atoms with van der Waals surface area (Å²) in [5.74, 6) is -0.977. The fraction of sp³-hybridized carbons (Fsp3) is 0.562. The Balaban J connectivity index is 1.81. The number of aryl methyl sites for hydroxylation is 1. The highest BCUT2D eigenvalue weighted by atomic mass is 19.4. The van der Waals surface area contributed by atoms with Gasteiger partial charge in [-0.15, -0.1) is 0 Å². The average molecular weight is 315 g/mol. The maximum absolute atomic E-state index is 12.2. The van der Waals surface area contributed by atoms with Crippen LogP contribution < -0.4 is 5.32 Å². The van der Waals surface area contributed by atoms with Crippen molar-refractivity contribution in [1.29, 1.82) is 0 Å². The van der Waals surface area contributed by atoms with Crippen LogP contribution in [0.2, 0.25) is 0 Å². The molecule has 0 unspecified atom stereocenters. The quantitative estimate of drug-likeness (QED) is 0.854. The van der Waals surface area contributed by atoms with E-state index in [1.165, 1.54) is 0 Å². The third-order valence-corrected chi connectivity index (χ3v) is 4.10. The number of anilines is 1. The SMILES string of the molecule is O=C(O)C1CCC(Nc2ccc(CCC(F)(F)F)cc2)CC1. The molecule has 0 atom stereocenters. The fourth-order valence-corrected chi connectivity index (χ4v) is 2.77. The van der Waals surface area contributed by atoms with Crippen molar-refractivity contribution < 1.29 is 23.1 Å². The number of aliphatic carboxylic acids is 1. The number of hydrogen-bond acceptors (Lipinski definition) is 2. The van der Waals surface area contributed by atoms with Gasteiger partial charge in [0.1, 0.15) is 0 Å². The van der Waals surface area contributed by atoms with Gasteiger partial charge in [0.25, 0.3) is 0 Å². The first kappa shape index (κ1) is 16.6. The molecule has 2 N–H and O–H groups in total. The molecule has 0 aromatic heterocycles. The lowest BCUT2D eigenvalue weighted by Crippen LogP contribution is -2.29. The molecule has 0 spiro atoms. The summed E-state index contributed by atoms with van der Waals surface area (Å²) >= 11 is 0. The van der Waals surface area contributed by atoms with Crippen LogP contribution in [-0.4, -0.2) is 23.3 Å².